The number of sulfonamides is 1. The van der Waals surface area contributed by atoms with Crippen LogP contribution >= 0.6 is 0 Å². The van der Waals surface area contributed by atoms with E-state index in [2.05, 4.69) is 16.6 Å². The lowest BCUT2D eigenvalue weighted by molar-refractivity contribution is 0.548. The average molecular weight is 350 g/mol. The van der Waals surface area contributed by atoms with Crippen molar-refractivity contribution in [2.75, 3.05) is 25.5 Å². The minimum atomic E-state index is -4.17. The Labute approximate surface area is 140 Å². The molecule has 24 heavy (non-hydrogen) atoms. The molecule has 126 valence electrons. The van der Waals surface area contributed by atoms with Crippen LogP contribution in [0.5, 0.6) is 0 Å². The average Bonchev–Trinajstić information content (AvgIpc) is 2.54. The van der Waals surface area contributed by atoms with Gasteiger partial charge < -0.3 is 4.90 Å². The van der Waals surface area contributed by atoms with Crippen LogP contribution in [0.1, 0.15) is 5.56 Å². The van der Waals surface area contributed by atoms with E-state index in [1.165, 1.54) is 0 Å². The van der Waals surface area contributed by atoms with Crippen molar-refractivity contribution in [2.45, 2.75) is 4.90 Å². The molecule has 4 nitrogen and oxygen atoms in total. The Kier molecular flexibility index (Phi) is 5.54. The zero-order valence-corrected chi connectivity index (χ0v) is 14.0. The third-order valence-corrected chi connectivity index (χ3v) is 4.56. The standard InChI is InChI=1S/C17H16F2N2O2S/c1-21(2)16-8-4-3-6-13(16)7-5-11-20-24(22,23)17-12-14(18)9-10-15(17)19/h3-4,6,8-10,12,20H,11H2,1-2H3. The first-order valence-corrected chi connectivity index (χ1v) is 8.49. The van der Waals surface area contributed by atoms with E-state index in [1.807, 2.05) is 43.3 Å². The molecule has 0 atom stereocenters. The second-order valence-electron chi connectivity index (χ2n) is 5.11. The molecule has 2 aromatic carbocycles. The second-order valence-corrected chi connectivity index (χ2v) is 6.85. The van der Waals surface area contributed by atoms with Crippen molar-refractivity contribution in [3.05, 3.63) is 59.7 Å². The van der Waals surface area contributed by atoms with Crippen molar-refractivity contribution >= 4 is 15.7 Å². The lowest BCUT2D eigenvalue weighted by Crippen LogP contribution is -2.25. The van der Waals surface area contributed by atoms with E-state index in [0.29, 0.717) is 6.07 Å². The van der Waals surface area contributed by atoms with Gasteiger partial charge in [-0.25, -0.2) is 17.2 Å². The Hall–Kier alpha value is -2.43. The van der Waals surface area contributed by atoms with Crippen molar-refractivity contribution < 1.29 is 17.2 Å². The van der Waals surface area contributed by atoms with Crippen molar-refractivity contribution in [3.8, 4) is 11.8 Å². The first-order chi connectivity index (χ1) is 11.3. The molecule has 0 bridgehead atoms. The Bertz CT molecular complexity index is 900. The molecule has 0 aliphatic heterocycles. The monoisotopic (exact) mass is 350 g/mol. The van der Waals surface area contributed by atoms with E-state index in [4.69, 9.17) is 0 Å². The summed E-state index contributed by atoms with van der Waals surface area (Å²) in [6, 6.07) is 9.64. The summed E-state index contributed by atoms with van der Waals surface area (Å²) in [6.45, 7) is -0.222. The number of rotatable bonds is 4. The predicted octanol–water partition coefficient (Wildman–Crippen LogP) is 2.36. The predicted molar refractivity (Wildman–Crippen MR) is 89.2 cm³/mol. The second kappa shape index (κ2) is 7.43. The van der Waals surface area contributed by atoms with Gasteiger partial charge in [0.15, 0.2) is 0 Å². The minimum Gasteiger partial charge on any atom is -0.377 e. The highest BCUT2D eigenvalue weighted by Crippen LogP contribution is 2.17. The Morgan fingerprint density at radius 1 is 1.12 bits per heavy atom. The quantitative estimate of drug-likeness (QED) is 0.862. The molecule has 0 saturated carbocycles. The first kappa shape index (κ1) is 17.9. The fourth-order valence-electron chi connectivity index (χ4n) is 2.00. The molecule has 0 spiro atoms. The molecule has 0 unspecified atom stereocenters. The van der Waals surface area contributed by atoms with Gasteiger partial charge in [-0.3, -0.25) is 0 Å². The summed E-state index contributed by atoms with van der Waals surface area (Å²) >= 11 is 0. The van der Waals surface area contributed by atoms with E-state index in [9.17, 15) is 17.2 Å². The van der Waals surface area contributed by atoms with E-state index in [0.717, 1.165) is 23.4 Å². The number of halogens is 2. The van der Waals surface area contributed by atoms with Gasteiger partial charge in [0.25, 0.3) is 0 Å². The molecule has 7 heteroatoms. The van der Waals surface area contributed by atoms with Crippen molar-refractivity contribution in [1.29, 1.82) is 0 Å². The highest BCUT2D eigenvalue weighted by atomic mass is 32.2. The molecule has 0 aliphatic rings. The van der Waals surface area contributed by atoms with Crippen LogP contribution in [-0.2, 0) is 10.0 Å². The smallest absolute Gasteiger partial charge is 0.244 e. The maximum Gasteiger partial charge on any atom is 0.244 e. The lowest BCUT2D eigenvalue weighted by Gasteiger charge is -2.13. The van der Waals surface area contributed by atoms with Crippen LogP contribution in [0.2, 0.25) is 0 Å². The molecular weight excluding hydrogens is 334 g/mol. The van der Waals surface area contributed by atoms with Crippen LogP contribution in [0.25, 0.3) is 0 Å². The normalized spacial score (nSPS) is 10.8. The zero-order chi connectivity index (χ0) is 17.7. The molecule has 0 saturated heterocycles. The topological polar surface area (TPSA) is 49.4 Å². The molecule has 0 aliphatic carbocycles. The van der Waals surface area contributed by atoms with Crippen LogP contribution in [0, 0.1) is 23.5 Å². The molecule has 2 rings (SSSR count). The van der Waals surface area contributed by atoms with Crippen LogP contribution in [-0.4, -0.2) is 29.1 Å². The van der Waals surface area contributed by atoms with Crippen molar-refractivity contribution in [3.63, 3.8) is 0 Å². The third-order valence-electron chi connectivity index (χ3n) is 3.14. The fourth-order valence-corrected chi connectivity index (χ4v) is 3.01. The number of hydrogen-bond donors (Lipinski definition) is 1. The summed E-state index contributed by atoms with van der Waals surface area (Å²) in [4.78, 5) is 1.15. The van der Waals surface area contributed by atoms with Crippen LogP contribution in [0.4, 0.5) is 14.5 Å². The highest BCUT2D eigenvalue weighted by Gasteiger charge is 2.18. The number of benzene rings is 2. The number of nitrogens with zero attached hydrogens (tertiary/aromatic N) is 1. The van der Waals surface area contributed by atoms with E-state index >= 15 is 0 Å². The molecule has 0 heterocycles. The SMILES string of the molecule is CN(C)c1ccccc1C#CCNS(=O)(=O)c1cc(F)ccc1F. The van der Waals surface area contributed by atoms with Crippen LogP contribution in [0.3, 0.4) is 0 Å². The summed E-state index contributed by atoms with van der Waals surface area (Å²) < 4.78 is 52.8. The lowest BCUT2D eigenvalue weighted by atomic mass is 10.1. The Morgan fingerprint density at radius 3 is 2.54 bits per heavy atom. The van der Waals surface area contributed by atoms with Crippen molar-refractivity contribution in [2.24, 2.45) is 0 Å². The van der Waals surface area contributed by atoms with Gasteiger partial charge in [0.2, 0.25) is 10.0 Å². The van der Waals surface area contributed by atoms with E-state index in [-0.39, 0.29) is 6.54 Å². The number of nitrogens with one attached hydrogen (secondary N) is 1. The molecule has 0 aromatic heterocycles. The third kappa shape index (κ3) is 4.31. The largest absolute Gasteiger partial charge is 0.377 e. The van der Waals surface area contributed by atoms with Gasteiger partial charge in [-0.05, 0) is 30.3 Å². The van der Waals surface area contributed by atoms with Gasteiger partial charge in [0.05, 0.1) is 12.2 Å². The fraction of sp³-hybridized carbons (Fsp3) is 0.176. The molecule has 1 N–H and O–H groups in total. The molecule has 0 amide bonds. The summed E-state index contributed by atoms with van der Waals surface area (Å²) in [5.41, 5.74) is 1.63. The molecule has 0 radical (unpaired) electrons. The molecular formula is C17H16F2N2O2S. The van der Waals surface area contributed by atoms with Gasteiger partial charge in [0.1, 0.15) is 16.5 Å². The first-order valence-electron chi connectivity index (χ1n) is 7.01. The van der Waals surface area contributed by atoms with E-state index < -0.39 is 26.6 Å². The zero-order valence-electron chi connectivity index (χ0n) is 13.2. The maximum atomic E-state index is 13.6. The van der Waals surface area contributed by atoms with Crippen LogP contribution in [0.15, 0.2) is 47.4 Å². The van der Waals surface area contributed by atoms with Gasteiger partial charge in [-0.2, -0.15) is 4.72 Å². The number of hydrogen-bond acceptors (Lipinski definition) is 3. The minimum absolute atomic E-state index is 0.222. The van der Waals surface area contributed by atoms with E-state index in [1.54, 1.807) is 0 Å². The Balaban J connectivity index is 2.14. The van der Waals surface area contributed by atoms with Gasteiger partial charge in [-0.1, -0.05) is 24.0 Å². The number of para-hydroxylation sites is 1. The van der Waals surface area contributed by atoms with Gasteiger partial charge >= 0.3 is 0 Å². The highest BCUT2D eigenvalue weighted by molar-refractivity contribution is 7.89. The van der Waals surface area contributed by atoms with Gasteiger partial charge in [-0.15, -0.1) is 0 Å². The summed E-state index contributed by atoms with van der Waals surface area (Å²) in [5.74, 6) is 3.68. The molecule has 2 aromatic rings. The number of anilines is 1. The maximum absolute atomic E-state index is 13.6. The van der Waals surface area contributed by atoms with Crippen LogP contribution < -0.4 is 9.62 Å². The summed E-state index contributed by atoms with van der Waals surface area (Å²) in [7, 11) is -0.430. The van der Waals surface area contributed by atoms with Crippen molar-refractivity contribution in [1.82, 2.24) is 4.72 Å². The van der Waals surface area contributed by atoms with Gasteiger partial charge in [0, 0.05) is 19.7 Å². The Morgan fingerprint density at radius 2 is 1.83 bits per heavy atom. The molecule has 0 fully saturated rings. The summed E-state index contributed by atoms with van der Waals surface area (Å²) in [6.07, 6.45) is 0. The summed E-state index contributed by atoms with van der Waals surface area (Å²) in [5, 5.41) is 0.